The number of carbonyl (C=O) groups is 2. The molecule has 2 heterocycles. The van der Waals surface area contributed by atoms with Crippen molar-refractivity contribution in [1.82, 2.24) is 24.6 Å². The lowest BCUT2D eigenvalue weighted by Crippen LogP contribution is -2.47. The summed E-state index contributed by atoms with van der Waals surface area (Å²) in [5.74, 6) is -1.01. The molecule has 220 valence electrons. The number of nitrogens with two attached hydrogens (primary N) is 1. The second kappa shape index (κ2) is 14.7. The van der Waals surface area contributed by atoms with Crippen molar-refractivity contribution < 1.29 is 32.9 Å². The van der Waals surface area contributed by atoms with Gasteiger partial charge in [0.2, 0.25) is 0 Å². The fraction of sp³-hybridized carbons (Fsp3) is 0.720. The first-order valence-electron chi connectivity index (χ1n) is 13.3. The van der Waals surface area contributed by atoms with Crippen LogP contribution in [0.5, 0.6) is 0 Å². The van der Waals surface area contributed by atoms with Crippen LogP contribution in [-0.4, -0.2) is 68.3 Å². The summed E-state index contributed by atoms with van der Waals surface area (Å²) in [7, 11) is -3.94. The van der Waals surface area contributed by atoms with E-state index >= 15 is 0 Å². The number of anilines is 1. The minimum atomic E-state index is -3.94. The van der Waals surface area contributed by atoms with E-state index in [1.165, 1.54) is 13.3 Å². The first-order chi connectivity index (χ1) is 18.3. The smallest absolute Gasteiger partial charge is 0.335 e. The highest BCUT2D eigenvalue weighted by Crippen LogP contribution is 2.46. The van der Waals surface area contributed by atoms with Gasteiger partial charge in [0.25, 0.3) is 7.52 Å². The molecule has 14 heteroatoms. The van der Waals surface area contributed by atoms with Gasteiger partial charge in [0.1, 0.15) is 23.7 Å². The molecule has 0 saturated heterocycles. The number of fused-ring (bicyclic) bond motifs is 1. The lowest BCUT2D eigenvalue weighted by Gasteiger charge is -2.31. The number of ether oxygens (including phenoxy) is 3. The van der Waals surface area contributed by atoms with Crippen LogP contribution in [0.1, 0.15) is 74.1 Å². The van der Waals surface area contributed by atoms with Gasteiger partial charge in [-0.2, -0.15) is 0 Å². The van der Waals surface area contributed by atoms with Gasteiger partial charge in [0, 0.05) is 0 Å². The minimum absolute atomic E-state index is 0.257. The van der Waals surface area contributed by atoms with E-state index in [2.05, 4.69) is 27.0 Å². The molecule has 0 aromatic carbocycles. The van der Waals surface area contributed by atoms with Gasteiger partial charge in [0.05, 0.1) is 31.7 Å². The van der Waals surface area contributed by atoms with E-state index < -0.39 is 43.6 Å². The van der Waals surface area contributed by atoms with E-state index in [1.54, 1.807) is 45.5 Å². The third-order valence-corrected chi connectivity index (χ3v) is 7.66. The summed E-state index contributed by atoms with van der Waals surface area (Å²) in [4.78, 5) is 37.6. The second-order valence-electron chi connectivity index (χ2n) is 10.3. The van der Waals surface area contributed by atoms with Gasteiger partial charge in [-0.15, -0.1) is 0 Å². The zero-order chi connectivity index (χ0) is 29.2. The average Bonchev–Trinajstić information content (AvgIpc) is 3.25. The Morgan fingerprint density at radius 1 is 1.13 bits per heavy atom. The summed E-state index contributed by atoms with van der Waals surface area (Å²) in [6, 6.07) is 0. The first-order valence-corrected chi connectivity index (χ1v) is 15.1. The molecule has 0 amide bonds. The Labute approximate surface area is 230 Å². The molecule has 2 aromatic rings. The Kier molecular flexibility index (Phi) is 12.3. The van der Waals surface area contributed by atoms with Gasteiger partial charge >= 0.3 is 11.9 Å². The highest BCUT2D eigenvalue weighted by molar-refractivity contribution is 7.56. The maximum atomic E-state index is 14.0. The second-order valence-corrected chi connectivity index (χ2v) is 12.3. The molecule has 39 heavy (non-hydrogen) atoms. The van der Waals surface area contributed by atoms with Crippen LogP contribution >= 0.6 is 7.52 Å². The number of nitrogen functional groups attached to an aromatic ring is 1. The molecular formula is C25H43N6O7P. The normalized spacial score (nSPS) is 15.2. The largest absolute Gasteiger partial charge is 0.464 e. The molecule has 1 unspecified atom stereocenters. The summed E-state index contributed by atoms with van der Waals surface area (Å²) in [6.07, 6.45) is 4.25. The average molecular weight is 571 g/mol. The molecule has 0 aliphatic heterocycles. The van der Waals surface area contributed by atoms with Gasteiger partial charge in [-0.25, -0.2) is 24.8 Å². The number of rotatable bonds is 17. The maximum absolute atomic E-state index is 14.0. The summed E-state index contributed by atoms with van der Waals surface area (Å²) < 4.78 is 37.9. The van der Waals surface area contributed by atoms with Crippen molar-refractivity contribution in [2.24, 2.45) is 0 Å². The van der Waals surface area contributed by atoms with E-state index in [0.29, 0.717) is 17.7 Å². The van der Waals surface area contributed by atoms with Crippen molar-refractivity contribution in [1.29, 1.82) is 0 Å². The van der Waals surface area contributed by atoms with Crippen LogP contribution < -0.4 is 10.8 Å². The molecule has 0 spiro atoms. The standard InChI is InChI=1S/C25H43N6O7P/c1-8-9-10-11-12-35-24(33)25(6,7)30-39(34,38-19(5)23(32)37-17(2)3)16-36-18(4)13-31-15-29-20-21(26)27-14-28-22(20)31/h14-15,17-19H,8-13,16H2,1-7H3,(H,30,34)(H2,26,27,28)/t18-,19-,39?/m1/s1. The number of hydrogen-bond acceptors (Lipinski definition) is 11. The van der Waals surface area contributed by atoms with Crippen molar-refractivity contribution >= 4 is 36.4 Å². The Hall–Kier alpha value is -2.60. The van der Waals surface area contributed by atoms with E-state index in [-0.39, 0.29) is 18.5 Å². The van der Waals surface area contributed by atoms with Gasteiger partial charge in [0.15, 0.2) is 17.6 Å². The predicted molar refractivity (Wildman–Crippen MR) is 147 cm³/mol. The van der Waals surface area contributed by atoms with Crippen molar-refractivity contribution in [2.75, 3.05) is 18.7 Å². The van der Waals surface area contributed by atoms with Crippen molar-refractivity contribution in [3.05, 3.63) is 12.7 Å². The fourth-order valence-electron chi connectivity index (χ4n) is 3.65. The monoisotopic (exact) mass is 570 g/mol. The molecule has 2 rings (SSSR count). The van der Waals surface area contributed by atoms with E-state index in [0.717, 1.165) is 25.7 Å². The predicted octanol–water partition coefficient (Wildman–Crippen LogP) is 3.81. The molecule has 0 saturated carbocycles. The molecule has 0 fully saturated rings. The van der Waals surface area contributed by atoms with Crippen LogP contribution in [0.3, 0.4) is 0 Å². The third kappa shape index (κ3) is 10.1. The Balaban J connectivity index is 2.12. The molecular weight excluding hydrogens is 527 g/mol. The van der Waals surface area contributed by atoms with Crippen LogP contribution in [0.4, 0.5) is 5.82 Å². The lowest BCUT2D eigenvalue weighted by molar-refractivity contribution is -0.155. The quantitative estimate of drug-likeness (QED) is 0.160. The number of unbranched alkanes of at least 4 members (excludes halogenated alkanes) is 3. The number of carbonyl (C=O) groups excluding carboxylic acids is 2. The lowest BCUT2D eigenvalue weighted by atomic mass is 10.1. The van der Waals surface area contributed by atoms with Crippen LogP contribution in [0.2, 0.25) is 0 Å². The topological polar surface area (TPSA) is 170 Å². The molecule has 0 bridgehead atoms. The van der Waals surface area contributed by atoms with Crippen LogP contribution in [0.25, 0.3) is 11.2 Å². The number of nitrogens with one attached hydrogen (secondary N) is 1. The van der Waals surface area contributed by atoms with Gasteiger partial charge in [-0.05, 0) is 48.0 Å². The highest BCUT2D eigenvalue weighted by Gasteiger charge is 2.40. The van der Waals surface area contributed by atoms with E-state index in [1.807, 2.05) is 0 Å². The highest BCUT2D eigenvalue weighted by atomic mass is 31.2. The number of hydrogen-bond donors (Lipinski definition) is 2. The molecule has 13 nitrogen and oxygen atoms in total. The van der Waals surface area contributed by atoms with Gasteiger partial charge in [-0.3, -0.25) is 9.36 Å². The van der Waals surface area contributed by atoms with Crippen LogP contribution in [-0.2, 0) is 39.4 Å². The number of aromatic nitrogens is 4. The van der Waals surface area contributed by atoms with Crippen molar-refractivity contribution in [3.8, 4) is 0 Å². The zero-order valence-corrected chi connectivity index (χ0v) is 24.9. The number of imidazole rings is 1. The molecule has 3 N–H and O–H groups in total. The number of esters is 2. The minimum Gasteiger partial charge on any atom is -0.464 e. The molecule has 0 aliphatic rings. The van der Waals surface area contributed by atoms with Gasteiger partial charge in [-0.1, -0.05) is 26.2 Å². The Bertz CT molecular complexity index is 1140. The van der Waals surface area contributed by atoms with Crippen LogP contribution in [0, 0.1) is 0 Å². The first kappa shape index (κ1) is 32.6. The summed E-state index contributed by atoms with van der Waals surface area (Å²) in [5.41, 5.74) is 5.47. The van der Waals surface area contributed by atoms with E-state index in [4.69, 9.17) is 24.5 Å². The van der Waals surface area contributed by atoms with Crippen molar-refractivity contribution in [3.63, 3.8) is 0 Å². The molecule has 3 atom stereocenters. The SMILES string of the molecule is CCCCCCOC(=O)C(C)(C)NP(=O)(CO[C@H](C)Cn1cnc2c(N)ncnc21)O[C@H](C)C(=O)OC(C)C. The zero-order valence-electron chi connectivity index (χ0n) is 24.0. The number of nitrogens with zero attached hydrogens (tertiary/aromatic N) is 4. The maximum Gasteiger partial charge on any atom is 0.335 e. The summed E-state index contributed by atoms with van der Waals surface area (Å²) >= 11 is 0. The Morgan fingerprint density at radius 2 is 1.85 bits per heavy atom. The van der Waals surface area contributed by atoms with E-state index in [9.17, 15) is 14.2 Å². The molecule has 2 aromatic heterocycles. The van der Waals surface area contributed by atoms with Crippen LogP contribution in [0.15, 0.2) is 12.7 Å². The fourth-order valence-corrected chi connectivity index (χ4v) is 5.82. The summed E-state index contributed by atoms with van der Waals surface area (Å²) in [5, 5.41) is 2.78. The Morgan fingerprint density at radius 3 is 2.51 bits per heavy atom. The van der Waals surface area contributed by atoms with Gasteiger partial charge < -0.3 is 29.0 Å². The third-order valence-electron chi connectivity index (χ3n) is 5.62. The molecule has 0 aliphatic carbocycles. The summed E-state index contributed by atoms with van der Waals surface area (Å²) in [6.45, 7) is 12.3. The van der Waals surface area contributed by atoms with Crippen molar-refractivity contribution in [2.45, 2.75) is 105 Å². The molecule has 0 radical (unpaired) electrons.